The van der Waals surface area contributed by atoms with Gasteiger partial charge >= 0.3 is 0 Å². The van der Waals surface area contributed by atoms with Crippen LogP contribution in [0.5, 0.6) is 0 Å². The Morgan fingerprint density at radius 2 is 1.82 bits per heavy atom. The molecule has 1 aromatic heterocycles. The lowest BCUT2D eigenvalue weighted by atomic mass is 10.2. The molecule has 28 heavy (non-hydrogen) atoms. The Hall–Kier alpha value is -2.77. The number of benzene rings is 2. The van der Waals surface area contributed by atoms with Crippen molar-refractivity contribution in [3.63, 3.8) is 0 Å². The lowest BCUT2D eigenvalue weighted by molar-refractivity contribution is -0.119. The van der Waals surface area contributed by atoms with Gasteiger partial charge in [0.15, 0.2) is 0 Å². The maximum absolute atomic E-state index is 13.2. The van der Waals surface area contributed by atoms with Crippen molar-refractivity contribution in [2.24, 2.45) is 0 Å². The van der Waals surface area contributed by atoms with Gasteiger partial charge < -0.3 is 9.73 Å². The van der Waals surface area contributed by atoms with E-state index in [1.165, 1.54) is 18.4 Å². The van der Waals surface area contributed by atoms with Crippen molar-refractivity contribution < 1.29 is 17.6 Å². The maximum atomic E-state index is 13.2. The molecule has 1 amide bonds. The second-order valence-electron chi connectivity index (χ2n) is 6.06. The Kier molecular flexibility index (Phi) is 6.06. The molecule has 3 aromatic rings. The Balaban J connectivity index is 1.93. The number of hydrogen-bond donors (Lipinski definition) is 1. The first kappa shape index (κ1) is 20.0. The zero-order valence-corrected chi connectivity index (χ0v) is 16.7. The molecule has 6 nitrogen and oxygen atoms in total. The smallest absolute Gasteiger partial charge is 0.264 e. The van der Waals surface area contributed by atoms with Crippen LogP contribution in [0.4, 0.5) is 5.69 Å². The molecule has 0 spiro atoms. The lowest BCUT2D eigenvalue weighted by Gasteiger charge is -2.26. The summed E-state index contributed by atoms with van der Waals surface area (Å²) in [6.07, 6.45) is 1.50. The Morgan fingerprint density at radius 1 is 1.07 bits per heavy atom. The summed E-state index contributed by atoms with van der Waals surface area (Å²) in [4.78, 5) is 12.6. The molecular weight excluding hydrogens is 400 g/mol. The Bertz CT molecular complexity index is 1050. The van der Waals surface area contributed by atoms with Crippen LogP contribution < -0.4 is 9.62 Å². The van der Waals surface area contributed by atoms with Crippen LogP contribution in [0.3, 0.4) is 0 Å². The van der Waals surface area contributed by atoms with Gasteiger partial charge in [0.05, 0.1) is 23.4 Å². The van der Waals surface area contributed by atoms with E-state index >= 15 is 0 Å². The van der Waals surface area contributed by atoms with Crippen molar-refractivity contribution in [2.75, 3.05) is 10.8 Å². The van der Waals surface area contributed by atoms with E-state index in [9.17, 15) is 13.2 Å². The van der Waals surface area contributed by atoms with Crippen LogP contribution in [0.1, 0.15) is 11.3 Å². The number of amides is 1. The normalized spacial score (nSPS) is 11.2. The number of rotatable bonds is 7. The number of nitrogens with zero attached hydrogens (tertiary/aromatic N) is 1. The van der Waals surface area contributed by atoms with Gasteiger partial charge in [0.25, 0.3) is 10.0 Å². The lowest BCUT2D eigenvalue weighted by Crippen LogP contribution is -2.41. The molecule has 0 bridgehead atoms. The number of halogens is 1. The highest BCUT2D eigenvalue weighted by molar-refractivity contribution is 7.92. The van der Waals surface area contributed by atoms with Crippen LogP contribution in [0.2, 0.25) is 5.02 Å². The van der Waals surface area contributed by atoms with Gasteiger partial charge in [-0.05, 0) is 48.9 Å². The third-order valence-corrected chi connectivity index (χ3v) is 6.35. The van der Waals surface area contributed by atoms with Crippen LogP contribution in [-0.2, 0) is 21.4 Å². The van der Waals surface area contributed by atoms with E-state index in [2.05, 4.69) is 5.32 Å². The Morgan fingerprint density at radius 3 is 2.50 bits per heavy atom. The van der Waals surface area contributed by atoms with Crippen molar-refractivity contribution in [1.29, 1.82) is 0 Å². The van der Waals surface area contributed by atoms with E-state index in [1.54, 1.807) is 55.5 Å². The number of nitrogens with one attached hydrogen (secondary N) is 1. The molecule has 0 saturated heterocycles. The molecule has 146 valence electrons. The largest absolute Gasteiger partial charge is 0.467 e. The van der Waals surface area contributed by atoms with E-state index in [-0.39, 0.29) is 18.0 Å². The highest BCUT2D eigenvalue weighted by Gasteiger charge is 2.28. The van der Waals surface area contributed by atoms with Crippen molar-refractivity contribution in [1.82, 2.24) is 5.32 Å². The van der Waals surface area contributed by atoms with Crippen LogP contribution >= 0.6 is 11.6 Å². The standard InChI is InChI=1S/C20H19ClN2O4S/c1-15-18(21)10-5-11-19(15)23(28(25,26)17-8-3-2-4-9-17)14-20(24)22-13-16-7-6-12-27-16/h2-12H,13-14H2,1H3,(H,22,24). The van der Waals surface area contributed by atoms with Gasteiger partial charge in [0.2, 0.25) is 5.91 Å². The van der Waals surface area contributed by atoms with Crippen molar-refractivity contribution >= 4 is 33.2 Å². The van der Waals surface area contributed by atoms with Crippen LogP contribution in [0.15, 0.2) is 76.2 Å². The molecule has 0 fully saturated rings. The maximum Gasteiger partial charge on any atom is 0.264 e. The molecule has 0 aliphatic heterocycles. The number of furan rings is 1. The van der Waals surface area contributed by atoms with Crippen LogP contribution in [0.25, 0.3) is 0 Å². The van der Waals surface area contributed by atoms with Gasteiger partial charge in [0, 0.05) is 5.02 Å². The number of anilines is 1. The third kappa shape index (κ3) is 4.37. The zero-order valence-electron chi connectivity index (χ0n) is 15.1. The molecule has 0 unspecified atom stereocenters. The fourth-order valence-corrected chi connectivity index (χ4v) is 4.34. The second kappa shape index (κ2) is 8.50. The number of carbonyl (C=O) groups excluding carboxylic acids is 1. The highest BCUT2D eigenvalue weighted by Crippen LogP contribution is 2.30. The highest BCUT2D eigenvalue weighted by atomic mass is 35.5. The predicted octanol–water partition coefficient (Wildman–Crippen LogP) is 3.75. The Labute approximate surface area is 168 Å². The third-order valence-electron chi connectivity index (χ3n) is 4.17. The molecule has 1 N–H and O–H groups in total. The van der Waals surface area contributed by atoms with Crippen LogP contribution in [0, 0.1) is 6.92 Å². The summed E-state index contributed by atoms with van der Waals surface area (Å²) in [5.74, 6) is 0.111. The first-order valence-corrected chi connectivity index (χ1v) is 10.3. The van der Waals surface area contributed by atoms with E-state index in [4.69, 9.17) is 16.0 Å². The molecular formula is C20H19ClN2O4S. The fourth-order valence-electron chi connectivity index (χ4n) is 2.67. The summed E-state index contributed by atoms with van der Waals surface area (Å²) in [5.41, 5.74) is 0.923. The molecule has 2 aromatic carbocycles. The number of sulfonamides is 1. The molecule has 0 atom stereocenters. The average Bonchev–Trinajstić information content (AvgIpc) is 3.21. The molecule has 0 aliphatic rings. The average molecular weight is 419 g/mol. The van der Waals surface area contributed by atoms with Gasteiger partial charge in [0.1, 0.15) is 12.3 Å². The molecule has 3 rings (SSSR count). The monoisotopic (exact) mass is 418 g/mol. The quantitative estimate of drug-likeness (QED) is 0.633. The molecule has 0 radical (unpaired) electrons. The summed E-state index contributed by atoms with van der Waals surface area (Å²) >= 11 is 6.18. The first-order valence-electron chi connectivity index (χ1n) is 8.51. The van der Waals surface area contributed by atoms with Gasteiger partial charge in [-0.1, -0.05) is 35.9 Å². The van der Waals surface area contributed by atoms with Crippen LogP contribution in [-0.4, -0.2) is 20.9 Å². The summed E-state index contributed by atoms with van der Waals surface area (Å²) in [5, 5.41) is 3.09. The molecule has 0 aliphatic carbocycles. The number of carbonyl (C=O) groups is 1. The zero-order chi connectivity index (χ0) is 20.1. The van der Waals surface area contributed by atoms with Crippen molar-refractivity contribution in [3.05, 3.63) is 83.3 Å². The molecule has 0 saturated carbocycles. The summed E-state index contributed by atoms with van der Waals surface area (Å²) < 4.78 is 32.7. The van der Waals surface area contributed by atoms with Crippen molar-refractivity contribution in [3.8, 4) is 0 Å². The van der Waals surface area contributed by atoms with Gasteiger partial charge in [-0.25, -0.2) is 8.42 Å². The van der Waals surface area contributed by atoms with Gasteiger partial charge in [-0.2, -0.15) is 0 Å². The predicted molar refractivity (Wildman–Crippen MR) is 108 cm³/mol. The fraction of sp³-hybridized carbons (Fsp3) is 0.150. The minimum Gasteiger partial charge on any atom is -0.467 e. The second-order valence-corrected chi connectivity index (χ2v) is 8.33. The summed E-state index contributed by atoms with van der Waals surface area (Å²) in [6.45, 7) is 1.49. The molecule has 1 heterocycles. The minimum atomic E-state index is -3.97. The molecule has 8 heteroatoms. The van der Waals surface area contributed by atoms with Gasteiger partial charge in [-0.15, -0.1) is 0 Å². The number of hydrogen-bond acceptors (Lipinski definition) is 4. The first-order chi connectivity index (χ1) is 13.4. The van der Waals surface area contributed by atoms with E-state index in [1.807, 2.05) is 0 Å². The van der Waals surface area contributed by atoms with E-state index < -0.39 is 15.9 Å². The SMILES string of the molecule is Cc1c(Cl)cccc1N(CC(=O)NCc1ccco1)S(=O)(=O)c1ccccc1. The minimum absolute atomic E-state index is 0.0909. The van der Waals surface area contributed by atoms with E-state index in [0.29, 0.717) is 22.0 Å². The van der Waals surface area contributed by atoms with E-state index in [0.717, 1.165) is 4.31 Å². The summed E-state index contributed by atoms with van der Waals surface area (Å²) in [6, 6.07) is 16.4. The topological polar surface area (TPSA) is 79.6 Å². The van der Waals surface area contributed by atoms with Crippen molar-refractivity contribution in [2.45, 2.75) is 18.4 Å². The van der Waals surface area contributed by atoms with Gasteiger partial charge in [-0.3, -0.25) is 9.10 Å². The summed E-state index contributed by atoms with van der Waals surface area (Å²) in [7, 11) is -3.97.